The molecule has 9 nitrogen and oxygen atoms in total. The van der Waals surface area contributed by atoms with E-state index in [1.54, 1.807) is 62.4 Å². The van der Waals surface area contributed by atoms with Crippen LogP contribution in [0.25, 0.3) is 0 Å². The summed E-state index contributed by atoms with van der Waals surface area (Å²) in [5.74, 6) is -0.329. The Hall–Kier alpha value is -3.81. The van der Waals surface area contributed by atoms with Gasteiger partial charge in [0.15, 0.2) is 11.7 Å². The van der Waals surface area contributed by atoms with Crippen LogP contribution in [-0.4, -0.2) is 36.4 Å². The zero-order chi connectivity index (χ0) is 30.9. The fourth-order valence-electron chi connectivity index (χ4n) is 4.14. The molecule has 3 N–H and O–H groups in total. The summed E-state index contributed by atoms with van der Waals surface area (Å²) in [4.78, 5) is 25.3. The average molecular weight is 734 g/mol. The smallest absolute Gasteiger partial charge is 0.338 e. The van der Waals surface area contributed by atoms with Crippen LogP contribution in [0, 0.1) is 5.82 Å². The molecule has 0 aromatic heterocycles. The molecule has 43 heavy (non-hydrogen) atoms. The van der Waals surface area contributed by atoms with E-state index in [4.69, 9.17) is 26.4 Å². The Morgan fingerprint density at radius 1 is 1.09 bits per heavy atom. The van der Waals surface area contributed by atoms with Gasteiger partial charge in [0.2, 0.25) is 0 Å². The third-order valence-electron chi connectivity index (χ3n) is 6.07. The van der Waals surface area contributed by atoms with E-state index in [-0.39, 0.29) is 25.6 Å². The van der Waals surface area contributed by atoms with Gasteiger partial charge in [0.25, 0.3) is 5.91 Å². The number of ether oxygens (including phenoxy) is 3. The number of allylic oxidation sites excluding steroid dienone is 1. The number of nitrogens with one attached hydrogen (secondary N) is 3. The standard InChI is InChI=1S/C30H27Br2FN4O5S/c1-3-40-29(39)26-17(2)35-30(43)36-27(26)21-6-4-5-7-24(21)41-16-25(38)37-34-14-19-12-22(31)28(23(32)13-19)42-15-18-8-10-20(33)11-9-18/h4-14,27H,3,15-16H2,1-2H3,(H,37,38)(H2,35,36,43)/t27-/m0/s1. The third kappa shape index (κ3) is 8.62. The maximum Gasteiger partial charge on any atom is 0.338 e. The number of amides is 1. The molecule has 0 unspecified atom stereocenters. The summed E-state index contributed by atoms with van der Waals surface area (Å²) in [6.07, 6.45) is 1.48. The minimum Gasteiger partial charge on any atom is -0.487 e. The molecule has 0 bridgehead atoms. The van der Waals surface area contributed by atoms with Crippen molar-refractivity contribution in [3.05, 3.63) is 103 Å². The number of para-hydroxylation sites is 1. The van der Waals surface area contributed by atoms with Gasteiger partial charge in [-0.15, -0.1) is 0 Å². The summed E-state index contributed by atoms with van der Waals surface area (Å²) in [6, 6.07) is 16.0. The Balaban J connectivity index is 1.37. The van der Waals surface area contributed by atoms with Crippen LogP contribution in [0.15, 0.2) is 86.0 Å². The molecular weight excluding hydrogens is 707 g/mol. The first-order valence-electron chi connectivity index (χ1n) is 13.0. The average Bonchev–Trinajstić information content (AvgIpc) is 2.96. The molecule has 1 aliphatic rings. The third-order valence-corrected chi connectivity index (χ3v) is 7.47. The van der Waals surface area contributed by atoms with E-state index in [1.807, 2.05) is 0 Å². The van der Waals surface area contributed by atoms with Crippen molar-refractivity contribution < 1.29 is 28.2 Å². The van der Waals surface area contributed by atoms with Gasteiger partial charge in [0.05, 0.1) is 33.4 Å². The van der Waals surface area contributed by atoms with Gasteiger partial charge in [-0.1, -0.05) is 30.3 Å². The van der Waals surface area contributed by atoms with Gasteiger partial charge < -0.3 is 24.8 Å². The van der Waals surface area contributed by atoms with E-state index in [9.17, 15) is 14.0 Å². The first kappa shape index (κ1) is 32.1. The number of nitrogens with zero attached hydrogens (tertiary/aromatic N) is 1. The fraction of sp³-hybridized carbons (Fsp3) is 0.200. The number of halogens is 3. The van der Waals surface area contributed by atoms with Crippen LogP contribution in [0.2, 0.25) is 0 Å². The summed E-state index contributed by atoms with van der Waals surface area (Å²) in [5, 5.41) is 10.4. The second-order valence-electron chi connectivity index (χ2n) is 9.14. The van der Waals surface area contributed by atoms with Crippen LogP contribution in [0.1, 0.15) is 36.6 Å². The molecule has 0 radical (unpaired) electrons. The first-order valence-corrected chi connectivity index (χ1v) is 15.0. The van der Waals surface area contributed by atoms with Crippen LogP contribution in [0.3, 0.4) is 0 Å². The normalized spacial score (nSPS) is 14.6. The number of hydrogen-bond acceptors (Lipinski definition) is 7. The minimum absolute atomic E-state index is 0.217. The van der Waals surface area contributed by atoms with Crippen LogP contribution in [0.5, 0.6) is 11.5 Å². The van der Waals surface area contributed by atoms with Crippen LogP contribution in [0.4, 0.5) is 4.39 Å². The van der Waals surface area contributed by atoms with Crippen LogP contribution >= 0.6 is 44.1 Å². The minimum atomic E-state index is -0.635. The summed E-state index contributed by atoms with van der Waals surface area (Å²) < 4.78 is 31.4. The van der Waals surface area contributed by atoms with Crippen molar-refractivity contribution >= 4 is 67.3 Å². The van der Waals surface area contributed by atoms with E-state index in [0.717, 1.165) is 5.56 Å². The zero-order valence-corrected chi connectivity index (χ0v) is 27.1. The molecule has 13 heteroatoms. The fourth-order valence-corrected chi connectivity index (χ4v) is 5.86. The van der Waals surface area contributed by atoms with Crippen molar-refractivity contribution in [2.45, 2.75) is 26.5 Å². The van der Waals surface area contributed by atoms with E-state index < -0.39 is 17.9 Å². The van der Waals surface area contributed by atoms with E-state index in [2.05, 4.69) is 53.0 Å². The zero-order valence-electron chi connectivity index (χ0n) is 23.1. The molecule has 224 valence electrons. The van der Waals surface area contributed by atoms with Crippen molar-refractivity contribution in [3.63, 3.8) is 0 Å². The maximum atomic E-state index is 13.1. The number of hydrazone groups is 1. The largest absolute Gasteiger partial charge is 0.487 e. The Kier molecular flexibility index (Phi) is 11.3. The molecule has 1 atom stereocenters. The van der Waals surface area contributed by atoms with Crippen molar-refractivity contribution in [2.24, 2.45) is 5.10 Å². The SMILES string of the molecule is CCOC(=O)C1=C(C)NC(=S)N[C@H]1c1ccccc1OCC(=O)NN=Cc1cc(Br)c(OCc2ccc(F)cc2)c(Br)c1. The molecule has 1 heterocycles. The van der Waals surface area contributed by atoms with Gasteiger partial charge >= 0.3 is 5.97 Å². The van der Waals surface area contributed by atoms with Crippen molar-refractivity contribution in [3.8, 4) is 11.5 Å². The highest BCUT2D eigenvalue weighted by Gasteiger charge is 2.32. The predicted octanol–water partition coefficient (Wildman–Crippen LogP) is 5.81. The van der Waals surface area contributed by atoms with Gasteiger partial charge in [0, 0.05) is 11.3 Å². The molecular formula is C30H27Br2FN4O5S. The summed E-state index contributed by atoms with van der Waals surface area (Å²) in [5.41, 5.74) is 5.49. The Morgan fingerprint density at radius 3 is 2.49 bits per heavy atom. The molecule has 0 saturated carbocycles. The molecule has 1 amide bonds. The molecule has 0 saturated heterocycles. The molecule has 0 aliphatic carbocycles. The predicted molar refractivity (Wildman–Crippen MR) is 171 cm³/mol. The van der Waals surface area contributed by atoms with Gasteiger partial charge in [-0.2, -0.15) is 5.10 Å². The number of esters is 1. The van der Waals surface area contributed by atoms with Gasteiger partial charge in [0.1, 0.15) is 23.9 Å². The lowest BCUT2D eigenvalue weighted by Crippen LogP contribution is -2.45. The molecule has 1 aliphatic heterocycles. The monoisotopic (exact) mass is 732 g/mol. The topological polar surface area (TPSA) is 110 Å². The molecule has 3 aromatic rings. The number of carbonyl (C=O) groups excluding carboxylic acids is 2. The lowest BCUT2D eigenvalue weighted by molar-refractivity contribution is -0.139. The number of rotatable bonds is 11. The van der Waals surface area contributed by atoms with Gasteiger partial charge in [-0.05, 0) is 99.4 Å². The van der Waals surface area contributed by atoms with Gasteiger partial charge in [-0.25, -0.2) is 14.6 Å². The Labute approximate surface area is 270 Å². The lowest BCUT2D eigenvalue weighted by atomic mass is 9.95. The number of benzene rings is 3. The quantitative estimate of drug-likeness (QED) is 0.0981. The highest BCUT2D eigenvalue weighted by molar-refractivity contribution is 9.11. The number of carbonyl (C=O) groups is 2. The van der Waals surface area contributed by atoms with Crippen molar-refractivity contribution in [1.29, 1.82) is 0 Å². The van der Waals surface area contributed by atoms with Crippen LogP contribution in [-0.2, 0) is 20.9 Å². The Bertz CT molecular complexity index is 1560. The highest BCUT2D eigenvalue weighted by atomic mass is 79.9. The number of hydrogen-bond donors (Lipinski definition) is 3. The maximum absolute atomic E-state index is 13.1. The Morgan fingerprint density at radius 2 is 1.79 bits per heavy atom. The van der Waals surface area contributed by atoms with Crippen LogP contribution < -0.4 is 25.5 Å². The van der Waals surface area contributed by atoms with E-state index in [0.29, 0.717) is 48.0 Å². The first-order chi connectivity index (χ1) is 20.7. The molecule has 3 aromatic carbocycles. The number of thiocarbonyl (C=S) groups is 1. The van der Waals surface area contributed by atoms with Crippen molar-refractivity contribution in [1.82, 2.24) is 16.1 Å². The summed E-state index contributed by atoms with van der Waals surface area (Å²) in [6.45, 7) is 3.62. The molecule has 4 rings (SSSR count). The van der Waals surface area contributed by atoms with E-state index in [1.165, 1.54) is 18.3 Å². The summed E-state index contributed by atoms with van der Waals surface area (Å²) in [7, 11) is 0. The lowest BCUT2D eigenvalue weighted by Gasteiger charge is -2.30. The second-order valence-corrected chi connectivity index (χ2v) is 11.3. The molecule has 0 fully saturated rings. The highest BCUT2D eigenvalue weighted by Crippen LogP contribution is 2.35. The second kappa shape index (κ2) is 15.1. The van der Waals surface area contributed by atoms with E-state index >= 15 is 0 Å². The molecule has 0 spiro atoms. The van der Waals surface area contributed by atoms with Gasteiger partial charge in [-0.3, -0.25) is 4.79 Å². The summed E-state index contributed by atoms with van der Waals surface area (Å²) >= 11 is 12.3. The van der Waals surface area contributed by atoms with Crippen molar-refractivity contribution in [2.75, 3.05) is 13.2 Å².